The van der Waals surface area contributed by atoms with Gasteiger partial charge in [-0.05, 0) is 38.0 Å². The van der Waals surface area contributed by atoms with Gasteiger partial charge in [0.05, 0.1) is 5.56 Å². The van der Waals surface area contributed by atoms with E-state index in [0.717, 1.165) is 36.5 Å². The van der Waals surface area contributed by atoms with Crippen LogP contribution in [-0.4, -0.2) is 47.0 Å². The second kappa shape index (κ2) is 9.35. The number of aromatic nitrogens is 1. The molecule has 0 unspecified atom stereocenters. The zero-order chi connectivity index (χ0) is 21.8. The van der Waals surface area contributed by atoms with Crippen LogP contribution in [0.4, 0.5) is 0 Å². The van der Waals surface area contributed by atoms with Crippen LogP contribution in [0.5, 0.6) is 5.75 Å². The van der Waals surface area contributed by atoms with Gasteiger partial charge in [-0.1, -0.05) is 53.2 Å². The van der Waals surface area contributed by atoms with Crippen LogP contribution in [0.25, 0.3) is 0 Å². The molecule has 0 atom stereocenters. The summed E-state index contributed by atoms with van der Waals surface area (Å²) in [5.74, 6) is 1.34. The molecule has 1 aliphatic rings. The molecule has 1 fully saturated rings. The molecule has 2 aromatic carbocycles. The summed E-state index contributed by atoms with van der Waals surface area (Å²) < 4.78 is 11.4. The highest BCUT2D eigenvalue weighted by Gasteiger charge is 2.28. The average molecular weight is 420 g/mol. The van der Waals surface area contributed by atoms with Crippen LogP contribution >= 0.6 is 0 Å². The van der Waals surface area contributed by atoms with Crippen LogP contribution in [-0.2, 0) is 13.2 Å². The lowest BCUT2D eigenvalue weighted by atomic mass is 10.1. The van der Waals surface area contributed by atoms with E-state index in [2.05, 4.69) is 47.3 Å². The molecule has 1 aliphatic heterocycles. The Hall–Kier alpha value is -3.12. The summed E-state index contributed by atoms with van der Waals surface area (Å²) in [6.07, 6.45) is 0. The third-order valence-electron chi connectivity index (χ3n) is 5.80. The van der Waals surface area contributed by atoms with Crippen molar-refractivity contribution < 1.29 is 14.1 Å². The SMILES string of the molecule is Cc1ccc(OCc2c(C(=O)N3CCN(Cc4ccccc4)CC3)noc2C)c(C)c1. The number of rotatable bonds is 6. The van der Waals surface area contributed by atoms with Crippen molar-refractivity contribution in [3.63, 3.8) is 0 Å². The molecule has 1 saturated heterocycles. The van der Waals surface area contributed by atoms with Crippen molar-refractivity contribution in [2.24, 2.45) is 0 Å². The van der Waals surface area contributed by atoms with E-state index in [9.17, 15) is 4.79 Å². The predicted molar refractivity (Wildman–Crippen MR) is 119 cm³/mol. The van der Waals surface area contributed by atoms with Gasteiger partial charge in [-0.15, -0.1) is 0 Å². The van der Waals surface area contributed by atoms with Crippen LogP contribution in [0, 0.1) is 20.8 Å². The van der Waals surface area contributed by atoms with Gasteiger partial charge < -0.3 is 14.2 Å². The number of carbonyl (C=O) groups excluding carboxylic acids is 1. The summed E-state index contributed by atoms with van der Waals surface area (Å²) in [5, 5.41) is 4.07. The van der Waals surface area contributed by atoms with Crippen LogP contribution in [0.3, 0.4) is 0 Å². The van der Waals surface area contributed by atoms with Crippen molar-refractivity contribution in [2.45, 2.75) is 33.9 Å². The van der Waals surface area contributed by atoms with E-state index in [1.807, 2.05) is 36.9 Å². The number of amides is 1. The molecule has 3 aromatic rings. The van der Waals surface area contributed by atoms with E-state index in [-0.39, 0.29) is 12.5 Å². The van der Waals surface area contributed by atoms with Gasteiger partial charge >= 0.3 is 0 Å². The maximum atomic E-state index is 13.2. The first kappa shape index (κ1) is 21.1. The minimum atomic E-state index is -0.0876. The van der Waals surface area contributed by atoms with Crippen LogP contribution in [0.1, 0.15) is 38.5 Å². The summed E-state index contributed by atoms with van der Waals surface area (Å²) in [7, 11) is 0. The fraction of sp³-hybridized carbons (Fsp3) is 0.360. The Morgan fingerprint density at radius 1 is 1.03 bits per heavy atom. The Bertz CT molecular complexity index is 1040. The molecular weight excluding hydrogens is 390 g/mol. The monoisotopic (exact) mass is 419 g/mol. The highest BCUT2D eigenvalue weighted by molar-refractivity contribution is 5.93. The van der Waals surface area contributed by atoms with Gasteiger partial charge in [0.1, 0.15) is 18.1 Å². The Morgan fingerprint density at radius 3 is 2.48 bits per heavy atom. The third-order valence-corrected chi connectivity index (χ3v) is 5.80. The third kappa shape index (κ3) is 4.97. The molecule has 6 nitrogen and oxygen atoms in total. The van der Waals surface area contributed by atoms with E-state index >= 15 is 0 Å². The van der Waals surface area contributed by atoms with Gasteiger partial charge in [-0.2, -0.15) is 0 Å². The maximum Gasteiger partial charge on any atom is 0.276 e. The number of piperazine rings is 1. The topological polar surface area (TPSA) is 58.8 Å². The fourth-order valence-corrected chi connectivity index (χ4v) is 3.94. The van der Waals surface area contributed by atoms with Crippen LogP contribution in [0.15, 0.2) is 53.1 Å². The van der Waals surface area contributed by atoms with E-state index in [0.29, 0.717) is 24.5 Å². The molecular formula is C25H29N3O3. The van der Waals surface area contributed by atoms with Crippen molar-refractivity contribution in [2.75, 3.05) is 26.2 Å². The smallest absolute Gasteiger partial charge is 0.276 e. The minimum Gasteiger partial charge on any atom is -0.488 e. The molecule has 0 aliphatic carbocycles. The number of aryl methyl sites for hydroxylation is 3. The van der Waals surface area contributed by atoms with Gasteiger partial charge in [-0.3, -0.25) is 9.69 Å². The maximum absolute atomic E-state index is 13.2. The first-order chi connectivity index (χ1) is 15.0. The van der Waals surface area contributed by atoms with E-state index in [1.165, 1.54) is 11.1 Å². The predicted octanol–water partition coefficient (Wildman–Crippen LogP) is 4.14. The van der Waals surface area contributed by atoms with Crippen LogP contribution < -0.4 is 4.74 Å². The van der Waals surface area contributed by atoms with E-state index in [1.54, 1.807) is 0 Å². The molecule has 2 heterocycles. The number of benzene rings is 2. The molecule has 1 amide bonds. The van der Waals surface area contributed by atoms with Crippen molar-refractivity contribution in [3.8, 4) is 5.75 Å². The molecule has 0 radical (unpaired) electrons. The Labute approximate surface area is 183 Å². The summed E-state index contributed by atoms with van der Waals surface area (Å²) in [5.41, 5.74) is 4.63. The van der Waals surface area contributed by atoms with Gasteiger partial charge in [0.25, 0.3) is 5.91 Å². The van der Waals surface area contributed by atoms with Gasteiger partial charge in [0, 0.05) is 32.7 Å². The first-order valence-electron chi connectivity index (χ1n) is 10.7. The van der Waals surface area contributed by atoms with Gasteiger partial charge in [-0.25, -0.2) is 0 Å². The Kier molecular flexibility index (Phi) is 6.37. The molecule has 1 aromatic heterocycles. The first-order valence-corrected chi connectivity index (χ1v) is 10.7. The van der Waals surface area contributed by atoms with Crippen LogP contribution in [0.2, 0.25) is 0 Å². The molecule has 4 rings (SSSR count). The molecule has 0 saturated carbocycles. The number of ether oxygens (including phenoxy) is 1. The fourth-order valence-electron chi connectivity index (χ4n) is 3.94. The number of hydrogen-bond acceptors (Lipinski definition) is 5. The molecule has 0 bridgehead atoms. The minimum absolute atomic E-state index is 0.0876. The van der Waals surface area contributed by atoms with Crippen molar-refractivity contribution >= 4 is 5.91 Å². The Morgan fingerprint density at radius 2 is 1.77 bits per heavy atom. The second-order valence-electron chi connectivity index (χ2n) is 8.18. The molecule has 31 heavy (non-hydrogen) atoms. The number of carbonyl (C=O) groups is 1. The average Bonchev–Trinajstić information content (AvgIpc) is 3.14. The lowest BCUT2D eigenvalue weighted by Crippen LogP contribution is -2.48. The highest BCUT2D eigenvalue weighted by Crippen LogP contribution is 2.23. The molecule has 0 spiro atoms. The second-order valence-corrected chi connectivity index (χ2v) is 8.18. The van der Waals surface area contributed by atoms with E-state index < -0.39 is 0 Å². The normalized spacial score (nSPS) is 14.6. The summed E-state index contributed by atoms with van der Waals surface area (Å²) in [4.78, 5) is 17.4. The summed E-state index contributed by atoms with van der Waals surface area (Å²) in [6, 6.07) is 16.5. The van der Waals surface area contributed by atoms with E-state index in [4.69, 9.17) is 9.26 Å². The zero-order valence-corrected chi connectivity index (χ0v) is 18.4. The van der Waals surface area contributed by atoms with Gasteiger partial charge in [0.2, 0.25) is 0 Å². The zero-order valence-electron chi connectivity index (χ0n) is 18.4. The molecule has 6 heteroatoms. The lowest BCUT2D eigenvalue weighted by Gasteiger charge is -2.34. The summed E-state index contributed by atoms with van der Waals surface area (Å²) in [6.45, 7) is 10.1. The van der Waals surface area contributed by atoms with Crippen molar-refractivity contribution in [1.82, 2.24) is 15.0 Å². The van der Waals surface area contributed by atoms with Gasteiger partial charge in [0.15, 0.2) is 5.69 Å². The number of nitrogens with zero attached hydrogens (tertiary/aromatic N) is 3. The quantitative estimate of drug-likeness (QED) is 0.601. The van der Waals surface area contributed by atoms with Crippen molar-refractivity contribution in [3.05, 3.63) is 82.2 Å². The number of hydrogen-bond donors (Lipinski definition) is 0. The summed E-state index contributed by atoms with van der Waals surface area (Å²) >= 11 is 0. The lowest BCUT2D eigenvalue weighted by molar-refractivity contribution is 0.0616. The Balaban J connectivity index is 1.38. The van der Waals surface area contributed by atoms with Crippen molar-refractivity contribution in [1.29, 1.82) is 0 Å². The molecule has 0 N–H and O–H groups in total. The largest absolute Gasteiger partial charge is 0.488 e. The standard InChI is InChI=1S/C25H29N3O3/c1-18-9-10-23(19(2)15-18)30-17-22-20(3)31-26-24(22)25(29)28-13-11-27(12-14-28)16-21-7-5-4-6-8-21/h4-10,15H,11-14,16-17H2,1-3H3. The molecule has 162 valence electrons. The highest BCUT2D eigenvalue weighted by atomic mass is 16.5.